The van der Waals surface area contributed by atoms with Crippen molar-refractivity contribution in [3.63, 3.8) is 0 Å². The van der Waals surface area contributed by atoms with Crippen molar-refractivity contribution < 1.29 is 0 Å². The smallest absolute Gasteiger partial charge is 0.0812 e. The first-order valence-electron chi connectivity index (χ1n) is 3.35. The van der Waals surface area contributed by atoms with E-state index in [1.54, 1.807) is 0 Å². The Hall–Kier alpha value is -1.20. The van der Waals surface area contributed by atoms with Gasteiger partial charge in [-0.05, 0) is 37.6 Å². The van der Waals surface area contributed by atoms with Crippen LogP contribution in [-0.4, -0.2) is 0 Å². The molecule has 1 aliphatic heterocycles. The molecule has 0 saturated carbocycles. The molecule has 1 N–H and O–H groups in total. The van der Waals surface area contributed by atoms with Crippen LogP contribution in [0.25, 0.3) is 0 Å². The molecule has 0 bridgehead atoms. The highest BCUT2D eigenvalue weighted by Crippen LogP contribution is 2.04. The number of hydrogen-bond acceptors (Lipinski definition) is 1. The molecule has 0 amide bonds. The fourth-order valence-electron chi connectivity index (χ4n) is 0.819. The molecule has 0 fully saturated rings. The van der Waals surface area contributed by atoms with Gasteiger partial charge in [-0.2, -0.15) is 0 Å². The average molecular weight is 133 g/mol. The van der Waals surface area contributed by atoms with Crippen LogP contribution in [0.5, 0.6) is 0 Å². The Labute approximate surface area is 61.4 Å². The van der Waals surface area contributed by atoms with Gasteiger partial charge in [0.25, 0.3) is 0 Å². The van der Waals surface area contributed by atoms with Crippen LogP contribution in [0.4, 0.5) is 0 Å². The Morgan fingerprint density at radius 3 is 3.00 bits per heavy atom. The maximum absolute atomic E-state index is 3.07. The summed E-state index contributed by atoms with van der Waals surface area (Å²) >= 11 is 0. The summed E-state index contributed by atoms with van der Waals surface area (Å²) < 4.78 is 0. The van der Waals surface area contributed by atoms with Crippen LogP contribution in [0.15, 0.2) is 41.4 Å². The Balaban J connectivity index is 2.89. The molecule has 0 aromatic heterocycles. The average Bonchev–Trinajstić information content (AvgIpc) is 1.88. The first kappa shape index (κ1) is 6.91. The Kier molecular flexibility index (Phi) is 2.14. The van der Waals surface area contributed by atoms with E-state index in [2.05, 4.69) is 24.0 Å². The van der Waals surface area contributed by atoms with Gasteiger partial charge in [-0.25, -0.2) is 0 Å². The number of dihydropyridines is 1. The Morgan fingerprint density at radius 2 is 2.40 bits per heavy atom. The SMILES string of the molecule is CC=C=C1C=C(C)C=CN1. The molecule has 0 unspecified atom stereocenters. The molecule has 1 aliphatic rings. The first-order chi connectivity index (χ1) is 4.83. The van der Waals surface area contributed by atoms with Crippen LogP contribution >= 0.6 is 0 Å². The number of nitrogens with one attached hydrogen (secondary N) is 1. The van der Waals surface area contributed by atoms with E-state index in [0.717, 1.165) is 5.70 Å². The van der Waals surface area contributed by atoms with Crippen molar-refractivity contribution >= 4 is 0 Å². The zero-order valence-corrected chi connectivity index (χ0v) is 6.31. The lowest BCUT2D eigenvalue weighted by Crippen LogP contribution is -2.04. The molecule has 0 aliphatic carbocycles. The van der Waals surface area contributed by atoms with Crippen molar-refractivity contribution in [2.75, 3.05) is 0 Å². The minimum atomic E-state index is 1.03. The largest absolute Gasteiger partial charge is 0.355 e. The fraction of sp³-hybridized carbons (Fsp3) is 0.222. The van der Waals surface area contributed by atoms with Crippen molar-refractivity contribution in [2.24, 2.45) is 0 Å². The fourth-order valence-corrected chi connectivity index (χ4v) is 0.819. The van der Waals surface area contributed by atoms with Crippen LogP contribution in [0, 0.1) is 0 Å². The van der Waals surface area contributed by atoms with E-state index in [-0.39, 0.29) is 0 Å². The standard InChI is InChI=1S/C9H11N/c1-3-4-9-7-8(2)5-6-10-9/h3,5-7,10H,1-2H3. The number of rotatable bonds is 0. The van der Waals surface area contributed by atoms with E-state index in [4.69, 9.17) is 0 Å². The molecule has 0 radical (unpaired) electrons. The van der Waals surface area contributed by atoms with Gasteiger partial charge in [0.05, 0.1) is 5.70 Å². The molecule has 52 valence electrons. The van der Waals surface area contributed by atoms with Gasteiger partial charge in [0, 0.05) is 6.20 Å². The van der Waals surface area contributed by atoms with E-state index >= 15 is 0 Å². The topological polar surface area (TPSA) is 12.0 Å². The number of allylic oxidation sites excluding steroid dienone is 3. The third-order valence-corrected chi connectivity index (χ3v) is 1.26. The summed E-state index contributed by atoms with van der Waals surface area (Å²) in [6.45, 7) is 4.02. The lowest BCUT2D eigenvalue weighted by molar-refractivity contribution is 1.08. The quantitative estimate of drug-likeness (QED) is 0.499. The second-order valence-corrected chi connectivity index (χ2v) is 2.21. The van der Waals surface area contributed by atoms with Gasteiger partial charge in [0.15, 0.2) is 0 Å². The maximum Gasteiger partial charge on any atom is 0.0812 e. The molecule has 10 heavy (non-hydrogen) atoms. The molecule has 1 heteroatoms. The van der Waals surface area contributed by atoms with Gasteiger partial charge in [-0.3, -0.25) is 0 Å². The van der Waals surface area contributed by atoms with Crippen molar-refractivity contribution in [3.05, 3.63) is 41.4 Å². The van der Waals surface area contributed by atoms with E-state index in [1.807, 2.05) is 25.3 Å². The van der Waals surface area contributed by atoms with Gasteiger partial charge >= 0.3 is 0 Å². The highest BCUT2D eigenvalue weighted by molar-refractivity contribution is 5.32. The van der Waals surface area contributed by atoms with Crippen LogP contribution in [0.2, 0.25) is 0 Å². The van der Waals surface area contributed by atoms with E-state index in [9.17, 15) is 0 Å². The predicted octanol–water partition coefficient (Wildman–Crippen LogP) is 2.11. The predicted molar refractivity (Wildman–Crippen MR) is 43.3 cm³/mol. The third-order valence-electron chi connectivity index (χ3n) is 1.26. The van der Waals surface area contributed by atoms with E-state index in [0.29, 0.717) is 0 Å². The Bertz CT molecular complexity index is 237. The van der Waals surface area contributed by atoms with Crippen LogP contribution < -0.4 is 5.32 Å². The molecule has 1 heterocycles. The molecule has 0 aromatic rings. The summed E-state index contributed by atoms with van der Waals surface area (Å²) in [5.41, 5.74) is 5.35. The third kappa shape index (κ3) is 1.64. The molecule has 0 atom stereocenters. The zero-order valence-electron chi connectivity index (χ0n) is 6.31. The van der Waals surface area contributed by atoms with Gasteiger partial charge in [-0.1, -0.05) is 5.73 Å². The van der Waals surface area contributed by atoms with Crippen molar-refractivity contribution in [2.45, 2.75) is 13.8 Å². The maximum atomic E-state index is 3.07. The summed E-state index contributed by atoms with van der Waals surface area (Å²) in [5, 5.41) is 3.07. The van der Waals surface area contributed by atoms with E-state index < -0.39 is 0 Å². The van der Waals surface area contributed by atoms with Gasteiger partial charge < -0.3 is 5.32 Å². The van der Waals surface area contributed by atoms with Crippen LogP contribution in [-0.2, 0) is 0 Å². The van der Waals surface area contributed by atoms with Crippen molar-refractivity contribution in [3.8, 4) is 0 Å². The molecular formula is C9H11N. The van der Waals surface area contributed by atoms with Crippen LogP contribution in [0.3, 0.4) is 0 Å². The molecule has 0 saturated heterocycles. The molecular weight excluding hydrogens is 122 g/mol. The van der Waals surface area contributed by atoms with E-state index in [1.165, 1.54) is 5.57 Å². The first-order valence-corrected chi connectivity index (χ1v) is 3.35. The second kappa shape index (κ2) is 3.09. The minimum absolute atomic E-state index is 1.03. The molecule has 0 aromatic carbocycles. The van der Waals surface area contributed by atoms with Gasteiger partial charge in [0.2, 0.25) is 0 Å². The highest BCUT2D eigenvalue weighted by Gasteiger charge is 1.92. The van der Waals surface area contributed by atoms with Gasteiger partial charge in [0.1, 0.15) is 0 Å². The summed E-state index contributed by atoms with van der Waals surface area (Å²) in [5.74, 6) is 0. The zero-order chi connectivity index (χ0) is 7.40. The second-order valence-electron chi connectivity index (χ2n) is 2.21. The number of hydrogen-bond donors (Lipinski definition) is 1. The minimum Gasteiger partial charge on any atom is -0.355 e. The summed E-state index contributed by atoms with van der Waals surface area (Å²) in [6, 6.07) is 0. The lowest BCUT2D eigenvalue weighted by atomic mass is 10.2. The molecule has 0 spiro atoms. The summed E-state index contributed by atoms with van der Waals surface area (Å²) in [7, 11) is 0. The monoisotopic (exact) mass is 133 g/mol. The highest BCUT2D eigenvalue weighted by atomic mass is 14.8. The molecule has 1 nitrogen and oxygen atoms in total. The van der Waals surface area contributed by atoms with Gasteiger partial charge in [-0.15, -0.1) is 0 Å². The van der Waals surface area contributed by atoms with Crippen molar-refractivity contribution in [1.29, 1.82) is 0 Å². The summed E-state index contributed by atoms with van der Waals surface area (Å²) in [6.07, 6.45) is 7.90. The van der Waals surface area contributed by atoms with Crippen molar-refractivity contribution in [1.82, 2.24) is 5.32 Å². The Morgan fingerprint density at radius 1 is 1.60 bits per heavy atom. The normalized spacial score (nSPS) is 15.4. The molecule has 1 rings (SSSR count). The van der Waals surface area contributed by atoms with Crippen LogP contribution in [0.1, 0.15) is 13.8 Å². The summed E-state index contributed by atoms with van der Waals surface area (Å²) in [4.78, 5) is 0. The lowest BCUT2D eigenvalue weighted by Gasteiger charge is -2.04.